The van der Waals surface area contributed by atoms with Gasteiger partial charge in [0.25, 0.3) is 0 Å². The number of halogens is 1. The average Bonchev–Trinajstić information content (AvgIpc) is 2.45. The lowest BCUT2D eigenvalue weighted by Gasteiger charge is -2.39. The SMILES string of the molecule is CC(C)(C)C(=O)OC1(c2cc(F)cc(CS(=O)O)c2)CCNCC1. The van der Waals surface area contributed by atoms with Gasteiger partial charge in [0.05, 0.1) is 11.2 Å². The molecule has 134 valence electrons. The van der Waals surface area contributed by atoms with Gasteiger partial charge in [0.15, 0.2) is 11.1 Å². The van der Waals surface area contributed by atoms with Crippen LogP contribution in [0.3, 0.4) is 0 Å². The van der Waals surface area contributed by atoms with Gasteiger partial charge >= 0.3 is 5.97 Å². The Morgan fingerprint density at radius 2 is 1.96 bits per heavy atom. The second-order valence-electron chi connectivity index (χ2n) is 7.20. The van der Waals surface area contributed by atoms with E-state index in [0.717, 1.165) is 0 Å². The maximum Gasteiger partial charge on any atom is 0.312 e. The molecule has 0 radical (unpaired) electrons. The van der Waals surface area contributed by atoms with Crippen LogP contribution in [0.1, 0.15) is 44.7 Å². The second-order valence-corrected chi connectivity index (χ2v) is 8.13. The van der Waals surface area contributed by atoms with Crippen LogP contribution in [-0.2, 0) is 32.0 Å². The molecule has 0 amide bonds. The number of esters is 1. The number of ether oxygens (including phenoxy) is 1. The molecule has 7 heteroatoms. The van der Waals surface area contributed by atoms with Crippen molar-refractivity contribution in [3.63, 3.8) is 0 Å². The summed E-state index contributed by atoms with van der Waals surface area (Å²) >= 11 is -2.06. The van der Waals surface area contributed by atoms with Crippen LogP contribution in [0.15, 0.2) is 18.2 Å². The van der Waals surface area contributed by atoms with Crippen LogP contribution in [0, 0.1) is 11.2 Å². The van der Waals surface area contributed by atoms with E-state index < -0.39 is 27.9 Å². The van der Waals surface area contributed by atoms with Crippen LogP contribution in [0.25, 0.3) is 0 Å². The predicted molar refractivity (Wildman–Crippen MR) is 90.2 cm³/mol. The van der Waals surface area contributed by atoms with Crippen LogP contribution in [0.5, 0.6) is 0 Å². The van der Waals surface area contributed by atoms with Gasteiger partial charge in [0.1, 0.15) is 11.4 Å². The molecule has 1 aromatic rings. The van der Waals surface area contributed by atoms with Gasteiger partial charge in [-0.25, -0.2) is 8.60 Å². The molecule has 1 fully saturated rings. The fourth-order valence-electron chi connectivity index (χ4n) is 2.75. The Morgan fingerprint density at radius 3 is 2.50 bits per heavy atom. The van der Waals surface area contributed by atoms with E-state index in [4.69, 9.17) is 9.29 Å². The van der Waals surface area contributed by atoms with Crippen molar-refractivity contribution in [2.24, 2.45) is 5.41 Å². The zero-order valence-corrected chi connectivity index (χ0v) is 15.0. The van der Waals surface area contributed by atoms with Gasteiger partial charge in [-0.1, -0.05) is 6.07 Å². The van der Waals surface area contributed by atoms with Gasteiger partial charge in [-0.15, -0.1) is 0 Å². The first-order valence-electron chi connectivity index (χ1n) is 7.94. The Kier molecular flexibility index (Phi) is 5.78. The highest BCUT2D eigenvalue weighted by molar-refractivity contribution is 7.78. The number of nitrogens with one attached hydrogen (secondary N) is 1. The summed E-state index contributed by atoms with van der Waals surface area (Å²) in [6, 6.07) is 4.25. The first kappa shape index (κ1) is 19.0. The van der Waals surface area contributed by atoms with Gasteiger partial charge in [0.2, 0.25) is 0 Å². The Balaban J connectivity index is 2.42. The molecule has 2 N–H and O–H groups in total. The van der Waals surface area contributed by atoms with Crippen LogP contribution < -0.4 is 5.32 Å². The molecule has 0 spiro atoms. The fourth-order valence-corrected chi connectivity index (χ4v) is 3.20. The van der Waals surface area contributed by atoms with Crippen molar-refractivity contribution < 1.29 is 22.7 Å². The normalized spacial score (nSPS) is 18.9. The number of carbonyl (C=O) groups is 1. The lowest BCUT2D eigenvalue weighted by molar-refractivity contribution is -0.174. The molecule has 1 unspecified atom stereocenters. The van der Waals surface area contributed by atoms with Crippen molar-refractivity contribution in [1.82, 2.24) is 5.32 Å². The quantitative estimate of drug-likeness (QED) is 0.640. The van der Waals surface area contributed by atoms with Gasteiger partial charge in [0, 0.05) is 12.8 Å². The summed E-state index contributed by atoms with van der Waals surface area (Å²) in [4.78, 5) is 12.4. The third-order valence-electron chi connectivity index (χ3n) is 4.09. The van der Waals surface area contributed by atoms with E-state index >= 15 is 0 Å². The van der Waals surface area contributed by atoms with Crippen LogP contribution in [-0.4, -0.2) is 27.8 Å². The Morgan fingerprint density at radius 1 is 1.33 bits per heavy atom. The molecule has 5 nitrogen and oxygen atoms in total. The lowest BCUT2D eigenvalue weighted by atomic mass is 9.83. The molecule has 1 heterocycles. The molecule has 1 aromatic carbocycles. The molecule has 1 aliphatic heterocycles. The Labute approximate surface area is 144 Å². The molecular weight excluding hydrogens is 333 g/mol. The van der Waals surface area contributed by atoms with E-state index in [1.165, 1.54) is 12.1 Å². The third kappa shape index (κ3) is 4.62. The van der Waals surface area contributed by atoms with Gasteiger partial charge in [-0.2, -0.15) is 0 Å². The minimum atomic E-state index is -2.06. The molecule has 0 aromatic heterocycles. The number of piperidine rings is 1. The molecular formula is C17H24FNO4S. The van der Waals surface area contributed by atoms with E-state index in [1.807, 2.05) is 0 Å². The highest BCUT2D eigenvalue weighted by Crippen LogP contribution is 2.38. The van der Waals surface area contributed by atoms with Gasteiger partial charge < -0.3 is 14.6 Å². The lowest BCUT2D eigenvalue weighted by Crippen LogP contribution is -2.45. The topological polar surface area (TPSA) is 75.6 Å². The monoisotopic (exact) mass is 357 g/mol. The minimum absolute atomic E-state index is 0.160. The maximum atomic E-state index is 14.0. The molecule has 0 aliphatic carbocycles. The number of hydrogen-bond acceptors (Lipinski definition) is 4. The predicted octanol–water partition coefficient (Wildman–Crippen LogP) is 2.72. The first-order chi connectivity index (χ1) is 11.1. The highest BCUT2D eigenvalue weighted by atomic mass is 32.2. The Bertz CT molecular complexity index is 636. The summed E-state index contributed by atoms with van der Waals surface area (Å²) in [6.45, 7) is 6.62. The Hall–Kier alpha value is -1.31. The van der Waals surface area contributed by atoms with E-state index in [0.29, 0.717) is 37.1 Å². The van der Waals surface area contributed by atoms with Crippen molar-refractivity contribution in [3.05, 3.63) is 35.1 Å². The van der Waals surface area contributed by atoms with Crippen molar-refractivity contribution in [2.75, 3.05) is 13.1 Å². The first-order valence-corrected chi connectivity index (χ1v) is 9.21. The van der Waals surface area contributed by atoms with Crippen LogP contribution in [0.4, 0.5) is 4.39 Å². The summed E-state index contributed by atoms with van der Waals surface area (Å²) in [5.74, 6) is -1.01. The summed E-state index contributed by atoms with van der Waals surface area (Å²) in [5, 5.41) is 3.21. The van der Waals surface area contributed by atoms with Crippen LogP contribution >= 0.6 is 0 Å². The molecule has 1 saturated heterocycles. The van der Waals surface area contributed by atoms with E-state index in [1.54, 1.807) is 26.8 Å². The molecule has 0 saturated carbocycles. The van der Waals surface area contributed by atoms with Crippen molar-refractivity contribution >= 4 is 17.0 Å². The zero-order valence-electron chi connectivity index (χ0n) is 14.2. The van der Waals surface area contributed by atoms with E-state index in [-0.39, 0.29) is 11.7 Å². The molecule has 1 atom stereocenters. The third-order valence-corrected chi connectivity index (χ3v) is 4.67. The summed E-state index contributed by atoms with van der Waals surface area (Å²) in [5.41, 5.74) is -0.623. The molecule has 24 heavy (non-hydrogen) atoms. The summed E-state index contributed by atoms with van der Waals surface area (Å²) < 4.78 is 40.0. The average molecular weight is 357 g/mol. The van der Waals surface area contributed by atoms with Crippen molar-refractivity contribution in [3.8, 4) is 0 Å². The van der Waals surface area contributed by atoms with Crippen LogP contribution in [0.2, 0.25) is 0 Å². The minimum Gasteiger partial charge on any atom is -0.454 e. The van der Waals surface area contributed by atoms with Crippen molar-refractivity contribution in [1.29, 1.82) is 0 Å². The number of benzene rings is 1. The summed E-state index contributed by atoms with van der Waals surface area (Å²) in [6.07, 6.45) is 1.06. The molecule has 0 bridgehead atoms. The second kappa shape index (κ2) is 7.29. The number of rotatable bonds is 4. The van der Waals surface area contributed by atoms with Gasteiger partial charge in [-0.05, 0) is 57.1 Å². The number of carbonyl (C=O) groups excluding carboxylic acids is 1. The van der Waals surface area contributed by atoms with Gasteiger partial charge in [-0.3, -0.25) is 4.79 Å². The highest BCUT2D eigenvalue weighted by Gasteiger charge is 2.40. The largest absolute Gasteiger partial charge is 0.454 e. The van der Waals surface area contributed by atoms with Crippen molar-refractivity contribution in [2.45, 2.75) is 45.0 Å². The summed E-state index contributed by atoms with van der Waals surface area (Å²) in [7, 11) is 0. The van der Waals surface area contributed by atoms with E-state index in [9.17, 15) is 13.4 Å². The smallest absolute Gasteiger partial charge is 0.312 e. The maximum absolute atomic E-state index is 14.0. The van der Waals surface area contributed by atoms with E-state index in [2.05, 4.69) is 5.32 Å². The molecule has 1 aliphatic rings. The molecule has 2 rings (SSSR count). The fraction of sp³-hybridized carbons (Fsp3) is 0.588. The standard InChI is InChI=1S/C17H24FNO4S/c1-16(2,3)15(20)23-17(4-6-19-7-5-17)13-8-12(11-24(21)22)9-14(18)10-13/h8-10,19H,4-7,11H2,1-3H3,(H,21,22). The number of hydrogen-bond donors (Lipinski definition) is 2. The zero-order chi connectivity index (χ0) is 18.0.